The lowest BCUT2D eigenvalue weighted by atomic mass is 10.1. The van der Waals surface area contributed by atoms with Crippen molar-refractivity contribution in [2.45, 2.75) is 18.2 Å². The number of hydrogen-bond donors (Lipinski definition) is 2. The SMILES string of the molecule is Cc1ccc(NS(=O)(=O)c2ccsc2C(=O)NCCc2ccccc2)cc1. The van der Waals surface area contributed by atoms with E-state index in [2.05, 4.69) is 10.0 Å². The first-order valence-electron chi connectivity index (χ1n) is 8.45. The van der Waals surface area contributed by atoms with Gasteiger partial charge in [0, 0.05) is 12.2 Å². The number of thiophene rings is 1. The van der Waals surface area contributed by atoms with Crippen molar-refractivity contribution < 1.29 is 13.2 Å². The fourth-order valence-electron chi connectivity index (χ4n) is 2.55. The molecule has 1 heterocycles. The maximum absolute atomic E-state index is 12.7. The van der Waals surface area contributed by atoms with E-state index >= 15 is 0 Å². The van der Waals surface area contributed by atoms with Gasteiger partial charge in [-0.3, -0.25) is 9.52 Å². The molecule has 0 aliphatic carbocycles. The second kappa shape index (κ2) is 8.37. The van der Waals surface area contributed by atoms with Crippen molar-refractivity contribution in [1.82, 2.24) is 5.32 Å². The Balaban J connectivity index is 1.68. The van der Waals surface area contributed by atoms with Gasteiger partial charge >= 0.3 is 0 Å². The average Bonchev–Trinajstić information content (AvgIpc) is 3.15. The minimum absolute atomic E-state index is 0.00899. The molecule has 3 rings (SSSR count). The van der Waals surface area contributed by atoms with E-state index in [1.54, 1.807) is 17.5 Å². The van der Waals surface area contributed by atoms with Gasteiger partial charge in [0.25, 0.3) is 15.9 Å². The largest absolute Gasteiger partial charge is 0.351 e. The summed E-state index contributed by atoms with van der Waals surface area (Å²) in [4.78, 5) is 12.6. The van der Waals surface area contributed by atoms with Gasteiger partial charge in [-0.25, -0.2) is 8.42 Å². The summed E-state index contributed by atoms with van der Waals surface area (Å²) < 4.78 is 27.9. The molecule has 0 unspecified atom stereocenters. The lowest BCUT2D eigenvalue weighted by Crippen LogP contribution is -2.27. The van der Waals surface area contributed by atoms with Crippen LogP contribution in [0.4, 0.5) is 5.69 Å². The van der Waals surface area contributed by atoms with Crippen LogP contribution < -0.4 is 10.0 Å². The van der Waals surface area contributed by atoms with Gasteiger partial charge in [0.05, 0.1) is 0 Å². The number of hydrogen-bond acceptors (Lipinski definition) is 4. The Morgan fingerprint density at radius 3 is 2.41 bits per heavy atom. The molecule has 1 aromatic heterocycles. The lowest BCUT2D eigenvalue weighted by molar-refractivity contribution is 0.0955. The van der Waals surface area contributed by atoms with Crippen molar-refractivity contribution in [2.75, 3.05) is 11.3 Å². The van der Waals surface area contributed by atoms with Crippen LogP contribution in [-0.2, 0) is 16.4 Å². The van der Waals surface area contributed by atoms with Gasteiger partial charge in [0.2, 0.25) is 0 Å². The van der Waals surface area contributed by atoms with Crippen LogP contribution in [0.5, 0.6) is 0 Å². The molecule has 2 aromatic carbocycles. The zero-order valence-corrected chi connectivity index (χ0v) is 16.4. The number of carbonyl (C=O) groups excluding carboxylic acids is 1. The Morgan fingerprint density at radius 1 is 1.00 bits per heavy atom. The standard InChI is InChI=1S/C20H20N2O3S2/c1-15-7-9-17(10-8-15)22-27(24,25)18-12-14-26-19(18)20(23)21-13-11-16-5-3-2-4-6-16/h2-10,12,14,22H,11,13H2,1H3,(H,21,23). The Morgan fingerprint density at radius 2 is 1.70 bits per heavy atom. The number of nitrogens with one attached hydrogen (secondary N) is 2. The molecule has 0 radical (unpaired) electrons. The predicted octanol–water partition coefficient (Wildman–Crippen LogP) is 3.83. The molecule has 140 valence electrons. The summed E-state index contributed by atoms with van der Waals surface area (Å²) in [5, 5.41) is 4.40. The van der Waals surface area contributed by atoms with Crippen LogP contribution in [0, 0.1) is 6.92 Å². The number of benzene rings is 2. The zero-order chi connectivity index (χ0) is 19.3. The Bertz CT molecular complexity index is 1010. The van der Waals surface area contributed by atoms with Crippen LogP contribution in [0.25, 0.3) is 0 Å². The summed E-state index contributed by atoms with van der Waals surface area (Å²) >= 11 is 1.11. The molecule has 0 saturated carbocycles. The van der Waals surface area contributed by atoms with Gasteiger partial charge in [-0.15, -0.1) is 11.3 Å². The van der Waals surface area contributed by atoms with Gasteiger partial charge in [0.15, 0.2) is 0 Å². The third kappa shape index (κ3) is 4.96. The van der Waals surface area contributed by atoms with Gasteiger partial charge in [-0.05, 0) is 42.5 Å². The second-order valence-electron chi connectivity index (χ2n) is 6.08. The van der Waals surface area contributed by atoms with Gasteiger partial charge < -0.3 is 5.32 Å². The normalized spacial score (nSPS) is 11.1. The maximum Gasteiger partial charge on any atom is 0.263 e. The van der Waals surface area contributed by atoms with Gasteiger partial charge in [-0.1, -0.05) is 48.0 Å². The number of carbonyl (C=O) groups is 1. The smallest absolute Gasteiger partial charge is 0.263 e. The number of amides is 1. The molecule has 3 aromatic rings. The van der Waals surface area contributed by atoms with Crippen LogP contribution in [-0.4, -0.2) is 20.9 Å². The highest BCUT2D eigenvalue weighted by molar-refractivity contribution is 7.93. The molecule has 27 heavy (non-hydrogen) atoms. The summed E-state index contributed by atoms with van der Waals surface area (Å²) in [5.74, 6) is -0.384. The predicted molar refractivity (Wildman–Crippen MR) is 109 cm³/mol. The highest BCUT2D eigenvalue weighted by Gasteiger charge is 2.24. The van der Waals surface area contributed by atoms with Crippen LogP contribution in [0.2, 0.25) is 0 Å². The summed E-state index contributed by atoms with van der Waals surface area (Å²) in [6.07, 6.45) is 0.682. The minimum Gasteiger partial charge on any atom is -0.351 e. The molecule has 0 aliphatic rings. The molecular weight excluding hydrogens is 380 g/mol. The fourth-order valence-corrected chi connectivity index (χ4v) is 4.96. The average molecular weight is 401 g/mol. The number of anilines is 1. The summed E-state index contributed by atoms with van der Waals surface area (Å²) in [6, 6.07) is 18.3. The summed E-state index contributed by atoms with van der Waals surface area (Å²) in [5.41, 5.74) is 2.60. The number of aryl methyl sites for hydroxylation is 1. The zero-order valence-electron chi connectivity index (χ0n) is 14.8. The summed E-state index contributed by atoms with van der Waals surface area (Å²) in [6.45, 7) is 2.36. The highest BCUT2D eigenvalue weighted by atomic mass is 32.2. The van der Waals surface area contributed by atoms with Crippen molar-refractivity contribution in [3.63, 3.8) is 0 Å². The van der Waals surface area contributed by atoms with Crippen molar-refractivity contribution in [3.05, 3.63) is 82.0 Å². The molecule has 2 N–H and O–H groups in total. The number of sulfonamides is 1. The van der Waals surface area contributed by atoms with E-state index in [-0.39, 0.29) is 15.7 Å². The quantitative estimate of drug-likeness (QED) is 0.633. The van der Waals surface area contributed by atoms with Crippen molar-refractivity contribution in [1.29, 1.82) is 0 Å². The minimum atomic E-state index is -3.84. The summed E-state index contributed by atoms with van der Waals surface area (Å²) in [7, 11) is -3.84. The first-order chi connectivity index (χ1) is 13.0. The van der Waals surface area contributed by atoms with Gasteiger partial charge in [-0.2, -0.15) is 0 Å². The molecule has 0 spiro atoms. The third-order valence-corrected chi connectivity index (χ3v) is 6.44. The first-order valence-corrected chi connectivity index (χ1v) is 10.8. The van der Waals surface area contributed by atoms with Crippen LogP contribution in [0.1, 0.15) is 20.8 Å². The topological polar surface area (TPSA) is 75.3 Å². The maximum atomic E-state index is 12.7. The van der Waals surface area contributed by atoms with E-state index in [1.165, 1.54) is 6.07 Å². The monoisotopic (exact) mass is 400 g/mol. The Kier molecular flexibility index (Phi) is 5.93. The van der Waals surface area contributed by atoms with Gasteiger partial charge in [0.1, 0.15) is 9.77 Å². The molecule has 0 aliphatic heterocycles. The van der Waals surface area contributed by atoms with Crippen molar-refractivity contribution in [3.8, 4) is 0 Å². The van der Waals surface area contributed by atoms with E-state index in [9.17, 15) is 13.2 Å². The molecule has 1 amide bonds. The van der Waals surface area contributed by atoms with Crippen LogP contribution in [0.15, 0.2) is 70.9 Å². The van der Waals surface area contributed by atoms with E-state index in [0.29, 0.717) is 18.7 Å². The van der Waals surface area contributed by atoms with E-state index in [1.807, 2.05) is 49.4 Å². The van der Waals surface area contributed by atoms with Crippen LogP contribution >= 0.6 is 11.3 Å². The molecule has 7 heteroatoms. The first kappa shape index (κ1) is 19.1. The second-order valence-corrected chi connectivity index (χ2v) is 8.64. The van der Waals surface area contributed by atoms with Crippen LogP contribution in [0.3, 0.4) is 0 Å². The molecule has 0 atom stereocenters. The van der Waals surface area contributed by atoms with E-state index in [4.69, 9.17) is 0 Å². The number of rotatable bonds is 7. The molecule has 5 nitrogen and oxygen atoms in total. The van der Waals surface area contributed by atoms with E-state index < -0.39 is 10.0 Å². The van der Waals surface area contributed by atoms with Crippen molar-refractivity contribution in [2.24, 2.45) is 0 Å². The molecule has 0 fully saturated rings. The van der Waals surface area contributed by atoms with E-state index in [0.717, 1.165) is 22.5 Å². The highest BCUT2D eigenvalue weighted by Crippen LogP contribution is 2.24. The Hall–Kier alpha value is -2.64. The van der Waals surface area contributed by atoms with Crippen molar-refractivity contribution >= 4 is 33.0 Å². The molecule has 0 bridgehead atoms. The molecule has 0 saturated heterocycles. The fraction of sp³-hybridized carbons (Fsp3) is 0.150. The Labute approximate surface area is 163 Å². The third-order valence-electron chi connectivity index (χ3n) is 3.97. The lowest BCUT2D eigenvalue weighted by Gasteiger charge is -2.10. The molecular formula is C20H20N2O3S2.